The van der Waals surface area contributed by atoms with Crippen LogP contribution in [0.4, 0.5) is 0 Å². The number of hydrogen-bond donors (Lipinski definition) is 2. The van der Waals surface area contributed by atoms with Crippen LogP contribution in [0.5, 0.6) is 0 Å². The van der Waals surface area contributed by atoms with E-state index in [1.54, 1.807) is 24.3 Å². The van der Waals surface area contributed by atoms with Crippen molar-refractivity contribution >= 4 is 35.4 Å². The number of benzene rings is 2. The second-order valence-electron chi connectivity index (χ2n) is 11.6. The number of piperidine rings is 2. The SMILES string of the molecule is C.[2H]C1(N2C(=O)c3cccc(C(C)C)c3C2=O)CCC(=C)NC1=O.[2H]C1(N2Cc3c(cccc3C(C)C)C2=O)CCC(=O)NC1=O. The maximum atomic E-state index is 12.8. The maximum absolute atomic E-state index is 12.8. The summed E-state index contributed by atoms with van der Waals surface area (Å²) in [5, 5.41) is 4.66. The Kier molecular flexibility index (Phi) is 8.41. The molecule has 4 aliphatic rings. The Bertz CT molecular complexity index is 1690. The smallest absolute Gasteiger partial charge is 0.262 e. The van der Waals surface area contributed by atoms with Crippen molar-refractivity contribution in [1.82, 2.24) is 20.4 Å². The zero-order valence-corrected chi connectivity index (χ0v) is 24.7. The summed E-state index contributed by atoms with van der Waals surface area (Å²) >= 11 is 0. The number of nitrogens with one attached hydrogen (secondary N) is 2. The van der Waals surface area contributed by atoms with E-state index in [-0.39, 0.29) is 62.4 Å². The van der Waals surface area contributed by atoms with E-state index in [4.69, 9.17) is 2.74 Å². The second kappa shape index (κ2) is 12.6. The van der Waals surface area contributed by atoms with E-state index in [9.17, 15) is 28.8 Å². The van der Waals surface area contributed by atoms with E-state index in [0.29, 0.717) is 23.2 Å². The van der Waals surface area contributed by atoms with Gasteiger partial charge in [-0.05, 0) is 59.9 Å². The molecule has 2 unspecified atom stereocenters. The van der Waals surface area contributed by atoms with E-state index in [1.165, 1.54) is 4.90 Å². The highest BCUT2D eigenvalue weighted by molar-refractivity contribution is 6.23. The van der Waals surface area contributed by atoms with Crippen LogP contribution < -0.4 is 10.6 Å². The fraction of sp³-hybridized carbons (Fsp3) is 0.412. The topological polar surface area (TPSA) is 133 Å². The Hall–Kier alpha value is -4.60. The first-order chi connectivity index (χ1) is 21.1. The number of carbonyl (C=O) groups excluding carboxylic acids is 6. The number of hydrogen-bond acceptors (Lipinski definition) is 6. The maximum Gasteiger partial charge on any atom is 0.262 e. The molecular formula is C34H40N4O6. The van der Waals surface area contributed by atoms with Crippen molar-refractivity contribution in [3.8, 4) is 0 Å². The highest BCUT2D eigenvalue weighted by atomic mass is 16.2. The lowest BCUT2D eigenvalue weighted by Gasteiger charge is -2.29. The van der Waals surface area contributed by atoms with E-state index in [0.717, 1.165) is 21.6 Å². The van der Waals surface area contributed by atoms with Crippen molar-refractivity contribution in [3.05, 3.63) is 82.1 Å². The van der Waals surface area contributed by atoms with Gasteiger partial charge in [0.15, 0.2) is 0 Å². The predicted molar refractivity (Wildman–Crippen MR) is 165 cm³/mol. The third kappa shape index (κ3) is 5.68. The summed E-state index contributed by atoms with van der Waals surface area (Å²) in [7, 11) is 0. The van der Waals surface area contributed by atoms with Gasteiger partial charge in [-0.3, -0.25) is 39.0 Å². The van der Waals surface area contributed by atoms with Crippen LogP contribution in [0.15, 0.2) is 48.7 Å². The molecule has 0 radical (unpaired) electrons. The fourth-order valence-electron chi connectivity index (χ4n) is 5.91. The van der Waals surface area contributed by atoms with Crippen LogP contribution in [-0.4, -0.2) is 57.3 Å². The molecule has 4 aliphatic heterocycles. The van der Waals surface area contributed by atoms with Crippen LogP contribution in [0.25, 0.3) is 0 Å². The molecule has 2 aromatic carbocycles. The molecule has 0 bridgehead atoms. The second-order valence-corrected chi connectivity index (χ2v) is 11.6. The first kappa shape index (κ1) is 29.5. The summed E-state index contributed by atoms with van der Waals surface area (Å²) in [6.45, 7) is 11.9. The minimum Gasteiger partial charge on any atom is -0.329 e. The Morgan fingerprint density at radius 3 is 1.98 bits per heavy atom. The van der Waals surface area contributed by atoms with Gasteiger partial charge in [0.25, 0.3) is 17.7 Å². The average Bonchev–Trinajstić information content (AvgIpc) is 3.47. The van der Waals surface area contributed by atoms with Crippen molar-refractivity contribution in [2.24, 2.45) is 0 Å². The number of imide groups is 2. The Balaban J connectivity index is 0.000000205. The average molecular weight is 603 g/mol. The molecule has 10 heteroatoms. The first-order valence-corrected chi connectivity index (χ1v) is 14.4. The molecule has 0 saturated carbocycles. The molecule has 0 aromatic heterocycles. The van der Waals surface area contributed by atoms with Crippen LogP contribution in [0.2, 0.25) is 0 Å². The summed E-state index contributed by atoms with van der Waals surface area (Å²) in [6.07, 6.45) is 0.528. The molecule has 2 aromatic rings. The van der Waals surface area contributed by atoms with Gasteiger partial charge in [-0.1, -0.05) is 66.0 Å². The lowest BCUT2D eigenvalue weighted by molar-refractivity contribution is -0.137. The van der Waals surface area contributed by atoms with Crippen LogP contribution in [-0.2, 0) is 20.9 Å². The van der Waals surface area contributed by atoms with Crippen molar-refractivity contribution < 1.29 is 31.5 Å². The fourth-order valence-corrected chi connectivity index (χ4v) is 5.91. The summed E-state index contributed by atoms with van der Waals surface area (Å²) in [5.41, 5.74) is 4.34. The number of amides is 6. The summed E-state index contributed by atoms with van der Waals surface area (Å²) in [6, 6.07) is 7.00. The Labute approximate surface area is 260 Å². The highest BCUT2D eigenvalue weighted by Gasteiger charge is 2.45. The molecule has 4 heterocycles. The third-order valence-electron chi connectivity index (χ3n) is 8.11. The van der Waals surface area contributed by atoms with Crippen molar-refractivity contribution in [1.29, 1.82) is 0 Å². The van der Waals surface area contributed by atoms with Crippen molar-refractivity contribution in [3.63, 3.8) is 0 Å². The molecule has 232 valence electrons. The first-order valence-electron chi connectivity index (χ1n) is 15.4. The monoisotopic (exact) mass is 602 g/mol. The van der Waals surface area contributed by atoms with Gasteiger partial charge < -0.3 is 10.2 Å². The highest BCUT2D eigenvalue weighted by Crippen LogP contribution is 2.34. The zero-order valence-electron chi connectivity index (χ0n) is 26.7. The number of carbonyl (C=O) groups is 6. The van der Waals surface area contributed by atoms with Crippen molar-refractivity contribution in [2.75, 3.05) is 0 Å². The van der Waals surface area contributed by atoms with Gasteiger partial charge in [0, 0.05) is 24.2 Å². The van der Waals surface area contributed by atoms with Crippen LogP contribution in [0.3, 0.4) is 0 Å². The lowest BCUT2D eigenvalue weighted by atomic mass is 9.94. The van der Waals surface area contributed by atoms with E-state index in [1.807, 2.05) is 39.8 Å². The van der Waals surface area contributed by atoms with Crippen LogP contribution in [0, 0.1) is 0 Å². The van der Waals surface area contributed by atoms with E-state index < -0.39 is 35.7 Å². The standard InChI is InChI=1S/C17H18N2O3.C16H18N2O3.CH4/c1-9(2)11-5-4-6-12-14(11)17(22)19(16(12)21)13-8-7-10(3)18-15(13)20;1-9(2)10-4-3-5-11-12(10)8-18(16(11)21)13-6-7-14(19)17-15(13)20;/h4-6,9,13H,3,7-8H2,1-2H3,(H,18,20);3-5,9,13H,6-8H2,1-2H3,(H,17,19,20);1H4/i2*13D;. The number of fused-ring (bicyclic) bond motifs is 2. The Morgan fingerprint density at radius 2 is 1.36 bits per heavy atom. The molecule has 6 rings (SSSR count). The van der Waals surface area contributed by atoms with Gasteiger partial charge in [-0.2, -0.15) is 0 Å². The molecule has 2 saturated heterocycles. The minimum atomic E-state index is -1.93. The molecule has 0 aliphatic carbocycles. The molecule has 10 nitrogen and oxygen atoms in total. The molecule has 2 N–H and O–H groups in total. The summed E-state index contributed by atoms with van der Waals surface area (Å²) in [4.78, 5) is 76.0. The molecule has 2 atom stereocenters. The molecular weight excluding hydrogens is 560 g/mol. The van der Waals surface area contributed by atoms with Gasteiger partial charge in [-0.15, -0.1) is 0 Å². The van der Waals surface area contributed by atoms with Gasteiger partial charge in [-0.25, -0.2) is 0 Å². The predicted octanol–water partition coefficient (Wildman–Crippen LogP) is 4.41. The Morgan fingerprint density at radius 1 is 0.773 bits per heavy atom. The van der Waals surface area contributed by atoms with Gasteiger partial charge in [0.05, 0.1) is 13.9 Å². The van der Waals surface area contributed by atoms with Gasteiger partial charge in [0.1, 0.15) is 12.0 Å². The molecule has 0 spiro atoms. The van der Waals surface area contributed by atoms with Crippen LogP contribution >= 0.6 is 0 Å². The zero-order chi connectivity index (χ0) is 33.0. The van der Waals surface area contributed by atoms with E-state index in [2.05, 4.69) is 17.2 Å². The third-order valence-corrected chi connectivity index (χ3v) is 8.11. The largest absolute Gasteiger partial charge is 0.329 e. The minimum absolute atomic E-state index is 0. The van der Waals surface area contributed by atoms with Gasteiger partial charge in [0.2, 0.25) is 17.7 Å². The summed E-state index contributed by atoms with van der Waals surface area (Å²) in [5.74, 6) is -2.92. The molecule has 6 amide bonds. The van der Waals surface area contributed by atoms with Crippen LogP contribution in [0.1, 0.15) is 123 Å². The number of rotatable bonds is 4. The quantitative estimate of drug-likeness (QED) is 0.499. The number of nitrogens with zero attached hydrogens (tertiary/aromatic N) is 2. The van der Waals surface area contributed by atoms with Crippen molar-refractivity contribution in [2.45, 2.75) is 91.2 Å². The molecule has 2 fully saturated rings. The normalized spacial score (nSPS) is 25.1. The number of allylic oxidation sites excluding steroid dienone is 1. The molecule has 44 heavy (non-hydrogen) atoms. The van der Waals surface area contributed by atoms with Gasteiger partial charge >= 0.3 is 0 Å². The summed E-state index contributed by atoms with van der Waals surface area (Å²) < 4.78 is 16.9. The lowest BCUT2D eigenvalue weighted by Crippen LogP contribution is -2.52. The van der Waals surface area contributed by atoms with E-state index >= 15 is 0 Å².